The number of rotatable bonds is 8. The fourth-order valence-electron chi connectivity index (χ4n) is 7.08. The first kappa shape index (κ1) is 34.6. The summed E-state index contributed by atoms with van der Waals surface area (Å²) in [4.78, 5) is 25.6. The van der Waals surface area contributed by atoms with Gasteiger partial charge in [-0.05, 0) is 61.0 Å². The van der Waals surface area contributed by atoms with Crippen molar-refractivity contribution in [2.75, 3.05) is 20.3 Å². The summed E-state index contributed by atoms with van der Waals surface area (Å²) in [7, 11) is 1.36. The van der Waals surface area contributed by atoms with Gasteiger partial charge in [0.2, 0.25) is 0 Å². The summed E-state index contributed by atoms with van der Waals surface area (Å²) in [6, 6.07) is 8.11. The molecule has 2 radical (unpaired) electrons. The summed E-state index contributed by atoms with van der Waals surface area (Å²) in [6.45, 7) is 8.78. The summed E-state index contributed by atoms with van der Waals surface area (Å²) < 4.78 is 10.4. The monoisotopic (exact) mass is 951 g/mol. The normalized spacial score (nSPS) is 32.0. The van der Waals surface area contributed by atoms with Crippen LogP contribution in [0.25, 0.3) is 0 Å². The second kappa shape index (κ2) is 14.5. The molecule has 7 nitrogen and oxygen atoms in total. The van der Waals surface area contributed by atoms with E-state index in [2.05, 4.69) is 18.8 Å². The van der Waals surface area contributed by atoms with Gasteiger partial charge in [0.15, 0.2) is 0 Å². The first-order chi connectivity index (χ1) is 17.2. The number of allylic oxidation sites excluding steroid dienone is 1. The third-order valence-corrected chi connectivity index (χ3v) is 9.23. The van der Waals surface area contributed by atoms with Gasteiger partial charge in [-0.2, -0.15) is 0 Å². The van der Waals surface area contributed by atoms with Gasteiger partial charge in [0, 0.05) is 99.6 Å². The van der Waals surface area contributed by atoms with Crippen LogP contribution in [0.15, 0.2) is 54.1 Å². The van der Waals surface area contributed by atoms with Crippen LogP contribution in [0.2, 0.25) is 0 Å². The number of aliphatic hydroxyl groups is 2. The molecule has 4 unspecified atom stereocenters. The molecule has 1 aromatic rings. The standard InChI is InChI=1S/C29H39NO6.2Ac/c1-18-10-11-23-28(2,14-12-24(32)29(23,3)17-31)21(18)16-22(20-13-15-36-26(20)33)30-25(27(34)35-4)19-8-6-5-7-9-19;;/h5-9,13,21-25,30-32H,1,10-12,14-17H2,2-4H3;;/t21-,22?,23?,24?,25?,28+,29-;;/m0../s1. The van der Waals surface area contributed by atoms with E-state index in [1.54, 1.807) is 6.08 Å². The number of hydrogen-bond donors (Lipinski definition) is 3. The van der Waals surface area contributed by atoms with Crippen molar-refractivity contribution >= 4 is 11.9 Å². The number of aliphatic hydroxyl groups excluding tert-OH is 2. The number of nitrogens with one attached hydrogen (secondary N) is 1. The Morgan fingerprint density at radius 1 is 1.24 bits per heavy atom. The van der Waals surface area contributed by atoms with Crippen molar-refractivity contribution in [3.63, 3.8) is 0 Å². The second-order valence-electron chi connectivity index (χ2n) is 11.1. The molecule has 2 fully saturated rings. The average Bonchev–Trinajstić information content (AvgIpc) is 3.31. The Hall–Kier alpha value is 0.403. The second-order valence-corrected chi connectivity index (χ2v) is 11.1. The van der Waals surface area contributed by atoms with Crippen molar-refractivity contribution in [1.82, 2.24) is 5.32 Å². The minimum Gasteiger partial charge on any atom is -0.468 e. The van der Waals surface area contributed by atoms with Crippen LogP contribution in [0.3, 0.4) is 0 Å². The topological polar surface area (TPSA) is 105 Å². The minimum absolute atomic E-state index is 0. The van der Waals surface area contributed by atoms with E-state index in [0.29, 0.717) is 18.4 Å². The van der Waals surface area contributed by atoms with Crippen LogP contribution >= 0.6 is 0 Å². The number of carbonyl (C=O) groups is 2. The average molecular weight is 952 g/mol. The van der Waals surface area contributed by atoms with E-state index in [4.69, 9.17) is 9.47 Å². The van der Waals surface area contributed by atoms with E-state index >= 15 is 0 Å². The van der Waals surface area contributed by atoms with Crippen molar-refractivity contribution < 1.29 is 117 Å². The summed E-state index contributed by atoms with van der Waals surface area (Å²) >= 11 is 0. The Labute approximate surface area is 297 Å². The van der Waals surface area contributed by atoms with Gasteiger partial charge in [0.1, 0.15) is 12.6 Å². The predicted octanol–water partition coefficient (Wildman–Crippen LogP) is 3.47. The predicted molar refractivity (Wildman–Crippen MR) is 136 cm³/mol. The fourth-order valence-corrected chi connectivity index (χ4v) is 7.08. The van der Waals surface area contributed by atoms with Gasteiger partial charge in [-0.1, -0.05) is 56.3 Å². The molecule has 3 aliphatic rings. The van der Waals surface area contributed by atoms with E-state index in [9.17, 15) is 19.8 Å². The van der Waals surface area contributed by atoms with Crippen molar-refractivity contribution in [2.45, 2.75) is 64.1 Å². The van der Waals surface area contributed by atoms with Crippen molar-refractivity contribution in [1.29, 1.82) is 0 Å². The van der Waals surface area contributed by atoms with E-state index in [-0.39, 0.29) is 125 Å². The maximum atomic E-state index is 12.9. The summed E-state index contributed by atoms with van der Waals surface area (Å²) in [5.41, 5.74) is 1.56. The van der Waals surface area contributed by atoms with Gasteiger partial charge in [-0.3, -0.25) is 5.32 Å². The van der Waals surface area contributed by atoms with Gasteiger partial charge >= 0.3 is 11.9 Å². The van der Waals surface area contributed by atoms with Crippen LogP contribution in [0.1, 0.15) is 57.6 Å². The zero-order valence-corrected chi connectivity index (χ0v) is 32.2. The zero-order valence-electron chi connectivity index (χ0n) is 22.7. The molecule has 1 aliphatic heterocycles. The van der Waals surface area contributed by atoms with Crippen LogP contribution in [0.5, 0.6) is 0 Å². The first-order valence-corrected chi connectivity index (χ1v) is 12.9. The molecule has 0 aromatic heterocycles. The van der Waals surface area contributed by atoms with Crippen LogP contribution in [-0.2, 0) is 19.1 Å². The molecule has 202 valence electrons. The Morgan fingerprint density at radius 3 is 2.50 bits per heavy atom. The molecule has 0 spiro atoms. The molecule has 0 bridgehead atoms. The number of esters is 2. The van der Waals surface area contributed by atoms with E-state index in [1.807, 2.05) is 37.3 Å². The third-order valence-electron chi connectivity index (χ3n) is 9.23. The van der Waals surface area contributed by atoms with Crippen LogP contribution in [0, 0.1) is 111 Å². The Bertz CT molecular complexity index is 1030. The first-order valence-electron chi connectivity index (χ1n) is 12.9. The molecule has 4 rings (SSSR count). The van der Waals surface area contributed by atoms with Gasteiger partial charge in [-0.15, -0.1) is 0 Å². The molecule has 0 amide bonds. The smallest absolute Gasteiger partial charge is 0.335 e. The molecular formula is C29H39Ac2NO6. The van der Waals surface area contributed by atoms with Crippen LogP contribution in [0.4, 0.5) is 0 Å². The molecule has 38 heavy (non-hydrogen) atoms. The number of carbonyl (C=O) groups excluding carboxylic acids is 2. The maximum absolute atomic E-state index is 12.9. The number of ether oxygens (including phenoxy) is 2. The molecule has 7 atom stereocenters. The molecule has 1 aromatic carbocycles. The summed E-state index contributed by atoms with van der Waals surface area (Å²) in [5, 5.41) is 24.6. The number of benzene rings is 1. The molecule has 0 saturated heterocycles. The van der Waals surface area contributed by atoms with Crippen molar-refractivity contribution in [2.24, 2.45) is 22.7 Å². The quantitative estimate of drug-likeness (QED) is 0.271. The molecule has 2 saturated carbocycles. The van der Waals surface area contributed by atoms with E-state index < -0.39 is 29.6 Å². The van der Waals surface area contributed by atoms with Crippen molar-refractivity contribution in [3.05, 3.63) is 59.7 Å². The van der Waals surface area contributed by atoms with E-state index in [1.165, 1.54) is 7.11 Å². The Morgan fingerprint density at radius 2 is 1.92 bits per heavy atom. The Balaban J connectivity index is 0.00000253. The third kappa shape index (κ3) is 6.72. The molecule has 1 heterocycles. The number of methoxy groups -OCH3 is 1. The Kier molecular flexibility index (Phi) is 13.2. The van der Waals surface area contributed by atoms with E-state index in [0.717, 1.165) is 30.4 Å². The largest absolute Gasteiger partial charge is 0.468 e. The van der Waals surface area contributed by atoms with Crippen LogP contribution in [-0.4, -0.2) is 54.6 Å². The molecule has 9 heteroatoms. The number of fused-ring (bicyclic) bond motifs is 1. The van der Waals surface area contributed by atoms with Crippen molar-refractivity contribution in [3.8, 4) is 0 Å². The summed E-state index contributed by atoms with van der Waals surface area (Å²) in [6.07, 6.45) is 4.83. The maximum Gasteiger partial charge on any atom is 0.335 e. The van der Waals surface area contributed by atoms with Gasteiger partial charge in [0.25, 0.3) is 0 Å². The van der Waals surface area contributed by atoms with Gasteiger partial charge in [0.05, 0.1) is 25.4 Å². The molecule has 3 N–H and O–H groups in total. The SMILES string of the molecule is C=C1CCC2[C@](C)(CO)C(O)CC[C@]2(C)[C@H]1CC(NC(C(=O)OC)c1ccccc1)C1=CCOC1=O.[Ac].[Ac]. The van der Waals surface area contributed by atoms with Gasteiger partial charge in [-0.25, -0.2) is 9.59 Å². The fraction of sp³-hybridized carbons (Fsp3) is 0.586. The zero-order chi connectivity index (χ0) is 26.1. The van der Waals surface area contributed by atoms with Crippen LogP contribution < -0.4 is 5.32 Å². The summed E-state index contributed by atoms with van der Waals surface area (Å²) in [5.74, 6) is -0.689. The number of cyclic esters (lactones) is 1. The molecule has 2 aliphatic carbocycles. The molecular weight excluding hydrogens is 912 g/mol. The minimum atomic E-state index is -0.758. The number of hydrogen-bond acceptors (Lipinski definition) is 7. The van der Waals surface area contributed by atoms with Gasteiger partial charge < -0.3 is 19.7 Å².